The fourth-order valence-corrected chi connectivity index (χ4v) is 1.74. The predicted molar refractivity (Wildman–Crippen MR) is 65.6 cm³/mol. The van der Waals surface area contributed by atoms with Gasteiger partial charge in [0.25, 0.3) is 0 Å². The Morgan fingerprint density at radius 2 is 1.89 bits per heavy atom. The zero-order chi connectivity index (χ0) is 14.1. The molecule has 100 valence electrons. The molecule has 1 rings (SSSR count). The van der Waals surface area contributed by atoms with Gasteiger partial charge < -0.3 is 5.11 Å². The maximum Gasteiger partial charge on any atom is 0.309 e. The summed E-state index contributed by atoms with van der Waals surface area (Å²) in [5.41, 5.74) is -0.932. The van der Waals surface area contributed by atoms with Gasteiger partial charge in [0, 0.05) is 5.56 Å². The highest BCUT2D eigenvalue weighted by Gasteiger charge is 2.30. The van der Waals surface area contributed by atoms with Crippen LogP contribution in [0.25, 0.3) is 0 Å². The second kappa shape index (κ2) is 5.04. The van der Waals surface area contributed by atoms with Gasteiger partial charge in [-0.1, -0.05) is 19.9 Å². The van der Waals surface area contributed by atoms with Crippen molar-refractivity contribution in [3.8, 4) is 0 Å². The lowest BCUT2D eigenvalue weighted by Gasteiger charge is -2.21. The second-order valence-electron chi connectivity index (χ2n) is 5.45. The molecule has 1 N–H and O–H groups in total. The fraction of sp³-hybridized carbons (Fsp3) is 0.500. The SMILES string of the molecule is CC(C)c1ccc(F)c(CC(C)(C)C(=O)O)c1F. The van der Waals surface area contributed by atoms with Crippen LogP contribution in [0, 0.1) is 17.0 Å². The van der Waals surface area contributed by atoms with Crippen LogP contribution in [-0.4, -0.2) is 11.1 Å². The third-order valence-corrected chi connectivity index (χ3v) is 3.04. The van der Waals surface area contributed by atoms with Crippen LogP contribution in [0.4, 0.5) is 8.78 Å². The summed E-state index contributed by atoms with van der Waals surface area (Å²) in [5, 5.41) is 9.02. The molecule has 0 spiro atoms. The minimum atomic E-state index is -1.20. The lowest BCUT2D eigenvalue weighted by Crippen LogP contribution is -2.27. The highest BCUT2D eigenvalue weighted by molar-refractivity contribution is 5.74. The van der Waals surface area contributed by atoms with Crippen molar-refractivity contribution in [2.75, 3.05) is 0 Å². The molecule has 0 saturated heterocycles. The normalized spacial score (nSPS) is 11.9. The highest BCUT2D eigenvalue weighted by Crippen LogP contribution is 2.29. The minimum absolute atomic E-state index is 0.0720. The van der Waals surface area contributed by atoms with Crippen LogP contribution in [-0.2, 0) is 11.2 Å². The quantitative estimate of drug-likeness (QED) is 0.891. The van der Waals surface area contributed by atoms with Crippen LogP contribution in [0.3, 0.4) is 0 Å². The number of hydrogen-bond donors (Lipinski definition) is 1. The number of halogens is 2. The average molecular weight is 256 g/mol. The Bertz CT molecular complexity index is 465. The Hall–Kier alpha value is -1.45. The van der Waals surface area contributed by atoms with Gasteiger partial charge in [0.1, 0.15) is 11.6 Å². The van der Waals surface area contributed by atoms with Crippen molar-refractivity contribution in [3.63, 3.8) is 0 Å². The van der Waals surface area contributed by atoms with E-state index in [2.05, 4.69) is 0 Å². The van der Waals surface area contributed by atoms with Gasteiger partial charge in [-0.2, -0.15) is 0 Å². The van der Waals surface area contributed by atoms with Gasteiger partial charge in [-0.15, -0.1) is 0 Å². The van der Waals surface area contributed by atoms with E-state index in [1.165, 1.54) is 26.0 Å². The summed E-state index contributed by atoms with van der Waals surface area (Å²) in [7, 11) is 0. The summed E-state index contributed by atoms with van der Waals surface area (Å²) in [6.45, 7) is 6.53. The van der Waals surface area contributed by atoms with Crippen molar-refractivity contribution in [2.24, 2.45) is 5.41 Å². The molecule has 0 fully saturated rings. The minimum Gasteiger partial charge on any atom is -0.481 e. The van der Waals surface area contributed by atoms with Crippen LogP contribution < -0.4 is 0 Å². The Morgan fingerprint density at radius 1 is 1.33 bits per heavy atom. The van der Waals surface area contributed by atoms with E-state index in [0.717, 1.165) is 0 Å². The molecule has 1 aromatic carbocycles. The summed E-state index contributed by atoms with van der Waals surface area (Å²) in [6, 6.07) is 2.61. The van der Waals surface area contributed by atoms with E-state index >= 15 is 0 Å². The first-order valence-corrected chi connectivity index (χ1v) is 5.87. The Morgan fingerprint density at radius 3 is 2.33 bits per heavy atom. The van der Waals surface area contributed by atoms with E-state index in [4.69, 9.17) is 5.11 Å². The first-order valence-electron chi connectivity index (χ1n) is 5.87. The molecule has 0 amide bonds. The fourth-order valence-electron chi connectivity index (χ4n) is 1.74. The Balaban J connectivity index is 3.24. The van der Waals surface area contributed by atoms with Gasteiger partial charge in [-0.05, 0) is 37.8 Å². The van der Waals surface area contributed by atoms with E-state index in [1.54, 1.807) is 0 Å². The number of benzene rings is 1. The molecule has 0 radical (unpaired) electrons. The Kier molecular flexibility index (Phi) is 4.09. The van der Waals surface area contributed by atoms with Gasteiger partial charge in [0.2, 0.25) is 0 Å². The smallest absolute Gasteiger partial charge is 0.309 e. The largest absolute Gasteiger partial charge is 0.481 e. The third kappa shape index (κ3) is 2.86. The number of carbonyl (C=O) groups is 1. The molecular weight excluding hydrogens is 238 g/mol. The number of rotatable bonds is 4. The average Bonchev–Trinajstić information content (AvgIpc) is 2.23. The van der Waals surface area contributed by atoms with Crippen LogP contribution in [0.15, 0.2) is 12.1 Å². The molecule has 0 aliphatic heterocycles. The van der Waals surface area contributed by atoms with Gasteiger partial charge in [0.15, 0.2) is 0 Å². The van der Waals surface area contributed by atoms with E-state index in [0.29, 0.717) is 5.56 Å². The molecule has 1 aromatic rings. The summed E-state index contributed by atoms with van der Waals surface area (Å²) in [5.74, 6) is -2.46. The monoisotopic (exact) mass is 256 g/mol. The van der Waals surface area contributed by atoms with Gasteiger partial charge >= 0.3 is 5.97 Å². The van der Waals surface area contributed by atoms with Crippen molar-refractivity contribution in [1.29, 1.82) is 0 Å². The molecule has 0 aliphatic carbocycles. The summed E-state index contributed by atoms with van der Waals surface area (Å²) in [6.07, 6.45) is -0.166. The first-order chi connectivity index (χ1) is 8.16. The molecule has 0 unspecified atom stereocenters. The maximum atomic E-state index is 14.1. The van der Waals surface area contributed by atoms with Crippen LogP contribution in [0.5, 0.6) is 0 Å². The zero-order valence-corrected chi connectivity index (χ0v) is 11.1. The topological polar surface area (TPSA) is 37.3 Å². The number of aliphatic carboxylic acids is 1. The van der Waals surface area contributed by atoms with Crippen molar-refractivity contribution >= 4 is 5.97 Å². The van der Waals surface area contributed by atoms with E-state index < -0.39 is 23.0 Å². The number of carboxylic acids is 1. The molecular formula is C14H18F2O2. The highest BCUT2D eigenvalue weighted by atomic mass is 19.1. The van der Waals surface area contributed by atoms with Crippen LogP contribution >= 0.6 is 0 Å². The zero-order valence-electron chi connectivity index (χ0n) is 11.1. The standard InChI is InChI=1S/C14H18F2O2/c1-8(2)9-5-6-11(15)10(12(9)16)7-14(3,4)13(17)18/h5-6,8H,7H2,1-4H3,(H,17,18). The van der Waals surface area contributed by atoms with Crippen molar-refractivity contribution in [2.45, 2.75) is 40.0 Å². The van der Waals surface area contributed by atoms with Crippen LogP contribution in [0.2, 0.25) is 0 Å². The van der Waals surface area contributed by atoms with Gasteiger partial charge in [-0.3, -0.25) is 4.79 Å². The maximum absolute atomic E-state index is 14.1. The van der Waals surface area contributed by atoms with Gasteiger partial charge in [0.05, 0.1) is 5.41 Å². The summed E-state index contributed by atoms with van der Waals surface area (Å²) < 4.78 is 27.8. The van der Waals surface area contributed by atoms with Crippen molar-refractivity contribution < 1.29 is 18.7 Å². The van der Waals surface area contributed by atoms with Gasteiger partial charge in [-0.25, -0.2) is 8.78 Å². The molecule has 2 nitrogen and oxygen atoms in total. The summed E-state index contributed by atoms with van der Waals surface area (Å²) in [4.78, 5) is 11.0. The molecule has 4 heteroatoms. The van der Waals surface area contributed by atoms with E-state index in [9.17, 15) is 13.6 Å². The molecule has 0 atom stereocenters. The van der Waals surface area contributed by atoms with Crippen LogP contribution in [0.1, 0.15) is 44.7 Å². The second-order valence-corrected chi connectivity index (χ2v) is 5.45. The van der Waals surface area contributed by atoms with E-state index in [-0.39, 0.29) is 17.9 Å². The van der Waals surface area contributed by atoms with Crippen molar-refractivity contribution in [1.82, 2.24) is 0 Å². The molecule has 0 aliphatic rings. The first kappa shape index (κ1) is 14.6. The number of hydrogen-bond acceptors (Lipinski definition) is 1. The van der Waals surface area contributed by atoms with Crippen molar-refractivity contribution in [3.05, 3.63) is 34.9 Å². The lowest BCUT2D eigenvalue weighted by molar-refractivity contribution is -0.146. The molecule has 18 heavy (non-hydrogen) atoms. The predicted octanol–water partition coefficient (Wildman–Crippen LogP) is 3.74. The summed E-state index contributed by atoms with van der Waals surface area (Å²) >= 11 is 0. The number of carboxylic acid groups (broad SMARTS) is 1. The lowest BCUT2D eigenvalue weighted by atomic mass is 9.84. The Labute approximate surface area is 106 Å². The molecule has 0 bridgehead atoms. The molecule has 0 heterocycles. The third-order valence-electron chi connectivity index (χ3n) is 3.04. The van der Waals surface area contributed by atoms with E-state index in [1.807, 2.05) is 13.8 Å². The molecule has 0 aromatic heterocycles. The molecule has 0 saturated carbocycles.